The number of epoxide rings is 1. The molecular formula is C29H20O8. The molecule has 3 aromatic carbocycles. The van der Waals surface area contributed by atoms with Crippen molar-refractivity contribution in [1.29, 1.82) is 0 Å². The average Bonchev–Trinajstić information content (AvgIpc) is 3.52. The zero-order valence-electron chi connectivity index (χ0n) is 19.9. The van der Waals surface area contributed by atoms with Gasteiger partial charge in [-0.1, -0.05) is 30.3 Å². The minimum atomic E-state index is -0.863. The van der Waals surface area contributed by atoms with Crippen molar-refractivity contribution < 1.29 is 33.4 Å². The molecule has 8 heteroatoms. The summed E-state index contributed by atoms with van der Waals surface area (Å²) in [5.41, 5.74) is -1.15. The van der Waals surface area contributed by atoms with Gasteiger partial charge >= 0.3 is 5.97 Å². The third kappa shape index (κ3) is 3.41. The molecule has 0 unspecified atom stereocenters. The Balaban J connectivity index is 1.56. The van der Waals surface area contributed by atoms with Crippen molar-refractivity contribution >= 4 is 28.5 Å². The Bertz CT molecular complexity index is 1720. The van der Waals surface area contributed by atoms with Gasteiger partial charge in [0.2, 0.25) is 5.78 Å². The molecule has 2 heterocycles. The highest BCUT2D eigenvalue weighted by Crippen LogP contribution is 2.46. The molecule has 1 aliphatic carbocycles. The molecule has 8 nitrogen and oxygen atoms in total. The lowest BCUT2D eigenvalue weighted by Crippen LogP contribution is -2.24. The Hall–Kier alpha value is -4.56. The summed E-state index contributed by atoms with van der Waals surface area (Å²) in [4.78, 5) is 53.1. The Morgan fingerprint density at radius 1 is 0.973 bits per heavy atom. The molecular weight excluding hydrogens is 476 g/mol. The van der Waals surface area contributed by atoms with Crippen molar-refractivity contribution in [2.24, 2.45) is 0 Å². The summed E-state index contributed by atoms with van der Waals surface area (Å²) in [5, 5.41) is 10.4. The van der Waals surface area contributed by atoms with E-state index in [2.05, 4.69) is 0 Å². The number of hydrogen-bond donors (Lipinski definition) is 1. The number of esters is 1. The van der Waals surface area contributed by atoms with Crippen LogP contribution < -0.4 is 5.43 Å². The lowest BCUT2D eigenvalue weighted by Gasteiger charge is -2.21. The third-order valence-corrected chi connectivity index (χ3v) is 7.07. The van der Waals surface area contributed by atoms with Crippen LogP contribution in [0.15, 0.2) is 69.9 Å². The van der Waals surface area contributed by atoms with E-state index in [-0.39, 0.29) is 63.0 Å². The van der Waals surface area contributed by atoms with Crippen LogP contribution in [0.1, 0.15) is 67.4 Å². The fraction of sp³-hybridized carbons (Fsp3) is 0.172. The molecule has 1 saturated heterocycles. The largest absolute Gasteiger partial charge is 0.507 e. The number of carbonyl (C=O) groups excluding carboxylic acids is 3. The molecule has 2 atom stereocenters. The predicted molar refractivity (Wildman–Crippen MR) is 131 cm³/mol. The van der Waals surface area contributed by atoms with Crippen molar-refractivity contribution in [2.45, 2.75) is 32.2 Å². The minimum absolute atomic E-state index is 0.00317. The number of ether oxygens (including phenoxy) is 2. The van der Waals surface area contributed by atoms with Crippen LogP contribution in [0.4, 0.5) is 0 Å². The number of hydrogen-bond acceptors (Lipinski definition) is 8. The topological polar surface area (TPSA) is 123 Å². The number of ketones is 2. The quantitative estimate of drug-likeness (QED) is 0.289. The van der Waals surface area contributed by atoms with Gasteiger partial charge in [-0.25, -0.2) is 4.79 Å². The van der Waals surface area contributed by atoms with Gasteiger partial charge in [-0.05, 0) is 38.1 Å². The highest BCUT2D eigenvalue weighted by Gasteiger charge is 2.53. The van der Waals surface area contributed by atoms with Gasteiger partial charge in [0, 0.05) is 22.8 Å². The number of rotatable bonds is 4. The van der Waals surface area contributed by atoms with Gasteiger partial charge in [0.25, 0.3) is 0 Å². The maximum atomic E-state index is 13.6. The molecule has 6 rings (SSSR count). The van der Waals surface area contributed by atoms with Crippen LogP contribution in [0.25, 0.3) is 11.0 Å². The molecule has 2 aliphatic rings. The van der Waals surface area contributed by atoms with Crippen LogP contribution in [0, 0.1) is 0 Å². The standard InChI is InChI=1S/C29H20O8/c1-14-29(2,37-14)21-12-20(31)22-16(13-35-28(34)15-7-4-3-5-8-15)11-18-24(27(22)36-21)26(33)23-17(25(18)32)9-6-10-19(23)30/h3-12,14,30H,13H2,1-2H3/t14-,29-/m0/s1. The normalized spacial score (nSPS) is 19.9. The smallest absolute Gasteiger partial charge is 0.338 e. The van der Waals surface area contributed by atoms with E-state index in [4.69, 9.17) is 13.9 Å². The molecule has 4 aromatic rings. The lowest BCUT2D eigenvalue weighted by molar-refractivity contribution is 0.0474. The van der Waals surface area contributed by atoms with Crippen LogP contribution in [-0.4, -0.2) is 28.7 Å². The van der Waals surface area contributed by atoms with Crippen molar-refractivity contribution in [3.63, 3.8) is 0 Å². The summed E-state index contributed by atoms with van der Waals surface area (Å²) in [5.74, 6) is -1.91. The van der Waals surface area contributed by atoms with Crippen LogP contribution in [-0.2, 0) is 21.7 Å². The van der Waals surface area contributed by atoms with Crippen LogP contribution in [0.3, 0.4) is 0 Å². The van der Waals surface area contributed by atoms with E-state index in [1.54, 1.807) is 37.3 Å². The van der Waals surface area contributed by atoms with Crippen molar-refractivity contribution in [1.82, 2.24) is 0 Å². The summed E-state index contributed by atoms with van der Waals surface area (Å²) in [6.07, 6.45) is -0.221. The first-order valence-corrected chi connectivity index (χ1v) is 11.7. The van der Waals surface area contributed by atoms with E-state index >= 15 is 0 Å². The zero-order chi connectivity index (χ0) is 26.1. The van der Waals surface area contributed by atoms with Crippen molar-refractivity contribution in [3.8, 4) is 5.75 Å². The molecule has 0 amide bonds. The second-order valence-corrected chi connectivity index (χ2v) is 9.30. The molecule has 0 bridgehead atoms. The Labute approximate surface area is 210 Å². The van der Waals surface area contributed by atoms with Gasteiger partial charge < -0.3 is 19.0 Å². The number of benzene rings is 3. The number of fused-ring (bicyclic) bond motifs is 4. The highest BCUT2D eigenvalue weighted by molar-refractivity contribution is 6.32. The Morgan fingerprint density at radius 2 is 1.70 bits per heavy atom. The first kappa shape index (κ1) is 22.9. The van der Waals surface area contributed by atoms with Gasteiger partial charge in [-0.15, -0.1) is 0 Å². The van der Waals surface area contributed by atoms with Gasteiger partial charge in [-0.2, -0.15) is 0 Å². The van der Waals surface area contributed by atoms with E-state index in [0.29, 0.717) is 5.56 Å². The summed E-state index contributed by atoms with van der Waals surface area (Å²) < 4.78 is 17.2. The highest BCUT2D eigenvalue weighted by atomic mass is 16.6. The molecule has 0 spiro atoms. The van der Waals surface area contributed by atoms with Crippen molar-refractivity contribution in [2.75, 3.05) is 0 Å². The lowest BCUT2D eigenvalue weighted by atomic mass is 9.81. The molecule has 37 heavy (non-hydrogen) atoms. The maximum absolute atomic E-state index is 13.6. The molecule has 0 saturated carbocycles. The third-order valence-electron chi connectivity index (χ3n) is 7.07. The van der Waals surface area contributed by atoms with E-state index < -0.39 is 28.6 Å². The number of aromatic hydroxyl groups is 1. The molecule has 1 N–H and O–H groups in total. The molecule has 1 aromatic heterocycles. The number of phenols is 1. The van der Waals surface area contributed by atoms with E-state index in [1.165, 1.54) is 30.3 Å². The average molecular weight is 496 g/mol. The van der Waals surface area contributed by atoms with Crippen molar-refractivity contribution in [3.05, 3.63) is 110 Å². The molecule has 1 aliphatic heterocycles. The summed E-state index contributed by atoms with van der Waals surface area (Å²) in [6, 6.07) is 15.3. The van der Waals surface area contributed by atoms with E-state index in [1.807, 2.05) is 6.92 Å². The molecule has 1 fully saturated rings. The van der Waals surface area contributed by atoms with Crippen LogP contribution in [0.5, 0.6) is 5.75 Å². The van der Waals surface area contributed by atoms with Gasteiger partial charge in [-0.3, -0.25) is 14.4 Å². The number of phenolic OH excluding ortho intramolecular Hbond substituents is 1. The first-order valence-electron chi connectivity index (χ1n) is 11.7. The van der Waals surface area contributed by atoms with Gasteiger partial charge in [0.15, 0.2) is 16.8 Å². The summed E-state index contributed by atoms with van der Waals surface area (Å²) in [6.45, 7) is 3.25. The Morgan fingerprint density at radius 3 is 2.41 bits per heavy atom. The summed E-state index contributed by atoms with van der Waals surface area (Å²) >= 11 is 0. The van der Waals surface area contributed by atoms with Crippen LogP contribution >= 0.6 is 0 Å². The Kier molecular flexibility index (Phi) is 4.93. The van der Waals surface area contributed by atoms with Gasteiger partial charge in [0.1, 0.15) is 23.7 Å². The monoisotopic (exact) mass is 496 g/mol. The minimum Gasteiger partial charge on any atom is -0.507 e. The zero-order valence-corrected chi connectivity index (χ0v) is 19.9. The fourth-order valence-electron chi connectivity index (χ4n) is 4.81. The fourth-order valence-corrected chi connectivity index (χ4v) is 4.81. The second kappa shape index (κ2) is 7.97. The van der Waals surface area contributed by atoms with Gasteiger partial charge in [0.05, 0.1) is 28.2 Å². The molecule has 184 valence electrons. The number of carbonyl (C=O) groups is 3. The first-order chi connectivity index (χ1) is 17.7. The second-order valence-electron chi connectivity index (χ2n) is 9.30. The summed E-state index contributed by atoms with van der Waals surface area (Å²) in [7, 11) is 0. The van der Waals surface area contributed by atoms with E-state index in [0.717, 1.165) is 0 Å². The predicted octanol–water partition coefficient (Wildman–Crippen LogP) is 4.26. The SMILES string of the molecule is C[C@@H]1O[C@]1(C)c1cc(=O)c2c(COC(=O)c3ccccc3)cc3c(c2o1)C(=O)c1c(O)cccc1C3=O. The maximum Gasteiger partial charge on any atom is 0.338 e. The molecule has 0 radical (unpaired) electrons. The van der Waals surface area contributed by atoms with Crippen LogP contribution in [0.2, 0.25) is 0 Å². The van der Waals surface area contributed by atoms with E-state index in [9.17, 15) is 24.3 Å².